The molecular formula is C9H10F2N2. The molecule has 0 aromatic heterocycles. The Balaban J connectivity index is 3.82. The van der Waals surface area contributed by atoms with E-state index in [9.17, 15) is 8.78 Å². The minimum atomic E-state index is -1.01. The Morgan fingerprint density at radius 3 is 2.08 bits per heavy atom. The van der Waals surface area contributed by atoms with Crippen molar-refractivity contribution >= 4 is 5.97 Å². The number of hydrogen-bond donors (Lipinski definition) is 2. The maximum Gasteiger partial charge on any atom is 0.205 e. The molecule has 0 saturated carbocycles. The van der Waals surface area contributed by atoms with E-state index >= 15 is 0 Å². The lowest BCUT2D eigenvalue weighted by molar-refractivity contribution is 0.627. The number of nitrogens with two attached hydrogens (primary N) is 1. The van der Waals surface area contributed by atoms with E-state index in [1.54, 1.807) is 6.08 Å². The predicted molar refractivity (Wildman–Crippen MR) is 49.6 cm³/mol. The fourth-order valence-corrected chi connectivity index (χ4v) is 0.480. The molecular weight excluding hydrogens is 174 g/mol. The first-order valence-electron chi connectivity index (χ1n) is 3.49. The molecule has 0 heterocycles. The Kier molecular flexibility index (Phi) is 6.05. The summed E-state index contributed by atoms with van der Waals surface area (Å²) >= 11 is 0. The zero-order valence-electron chi connectivity index (χ0n) is 6.87. The van der Waals surface area contributed by atoms with Crippen LogP contribution in [0.5, 0.6) is 0 Å². The molecule has 0 aliphatic heterocycles. The van der Waals surface area contributed by atoms with Crippen molar-refractivity contribution in [1.29, 1.82) is 5.41 Å². The Morgan fingerprint density at radius 2 is 1.54 bits per heavy atom. The van der Waals surface area contributed by atoms with Crippen LogP contribution in [0.15, 0.2) is 48.5 Å². The largest absolute Gasteiger partial charge is 0.376 e. The van der Waals surface area contributed by atoms with E-state index in [1.165, 1.54) is 24.3 Å². The van der Waals surface area contributed by atoms with Crippen molar-refractivity contribution in [3.05, 3.63) is 48.5 Å². The minimum Gasteiger partial charge on any atom is -0.376 e. The molecule has 0 rings (SSSR count). The van der Waals surface area contributed by atoms with Gasteiger partial charge in [-0.2, -0.15) is 8.78 Å². The van der Waals surface area contributed by atoms with Crippen LogP contribution in [-0.2, 0) is 0 Å². The lowest BCUT2D eigenvalue weighted by Gasteiger charge is -1.77. The second-order valence-corrected chi connectivity index (χ2v) is 2.03. The number of rotatable bonds is 4. The van der Waals surface area contributed by atoms with E-state index in [0.29, 0.717) is 0 Å². The molecule has 0 radical (unpaired) electrons. The zero-order chi connectivity index (χ0) is 10.1. The van der Waals surface area contributed by atoms with Gasteiger partial charge in [-0.3, -0.25) is 5.41 Å². The smallest absolute Gasteiger partial charge is 0.205 e. The van der Waals surface area contributed by atoms with Crippen LogP contribution in [0, 0.1) is 5.41 Å². The van der Waals surface area contributed by atoms with E-state index in [1.807, 2.05) is 0 Å². The van der Waals surface area contributed by atoms with Crippen LogP contribution in [0.1, 0.15) is 0 Å². The molecule has 2 nitrogen and oxygen atoms in total. The number of allylic oxidation sites excluding steroid dienone is 7. The topological polar surface area (TPSA) is 49.9 Å². The van der Waals surface area contributed by atoms with Gasteiger partial charge in [-0.15, -0.1) is 0 Å². The molecule has 70 valence electrons. The van der Waals surface area contributed by atoms with E-state index in [-0.39, 0.29) is 0 Å². The van der Waals surface area contributed by atoms with Crippen LogP contribution in [0.25, 0.3) is 0 Å². The SMILES string of the molecule is N=C(F)/C=C/C=C/C=C/C=C(/N)F. The van der Waals surface area contributed by atoms with Crippen LogP contribution in [0.2, 0.25) is 0 Å². The Morgan fingerprint density at radius 1 is 1.00 bits per heavy atom. The summed E-state index contributed by atoms with van der Waals surface area (Å²) in [6, 6.07) is 0. The molecule has 0 saturated heterocycles. The van der Waals surface area contributed by atoms with Gasteiger partial charge in [-0.1, -0.05) is 30.4 Å². The van der Waals surface area contributed by atoms with E-state index in [2.05, 4.69) is 0 Å². The van der Waals surface area contributed by atoms with Crippen molar-refractivity contribution in [1.82, 2.24) is 0 Å². The third-order valence-electron chi connectivity index (χ3n) is 0.942. The van der Waals surface area contributed by atoms with Crippen LogP contribution in [0.3, 0.4) is 0 Å². The molecule has 0 atom stereocenters. The van der Waals surface area contributed by atoms with Gasteiger partial charge in [-0.05, 0) is 12.2 Å². The van der Waals surface area contributed by atoms with E-state index in [0.717, 1.165) is 12.2 Å². The lowest BCUT2D eigenvalue weighted by atomic mass is 10.4. The standard InChI is InChI=1S/C9H10F2N2/c10-8(12)6-4-2-1-3-5-7-9(11)13/h1-7,12H,13H2/b2-1+,5-3+,6-4+,9-7+,12-8?. The van der Waals surface area contributed by atoms with Gasteiger partial charge in [0.05, 0.1) is 0 Å². The summed E-state index contributed by atoms with van der Waals surface area (Å²) < 4.78 is 23.6. The first kappa shape index (κ1) is 11.3. The second kappa shape index (κ2) is 6.97. The van der Waals surface area contributed by atoms with Crippen molar-refractivity contribution in [2.75, 3.05) is 0 Å². The average molecular weight is 184 g/mol. The average Bonchev–Trinajstić information content (AvgIpc) is 2.01. The minimum absolute atomic E-state index is 0.772. The highest BCUT2D eigenvalue weighted by molar-refractivity contribution is 5.83. The first-order valence-corrected chi connectivity index (χ1v) is 3.49. The molecule has 0 bridgehead atoms. The molecule has 0 aliphatic rings. The van der Waals surface area contributed by atoms with Gasteiger partial charge in [0.15, 0.2) is 5.95 Å². The molecule has 0 aliphatic carbocycles. The highest BCUT2D eigenvalue weighted by atomic mass is 19.1. The third kappa shape index (κ3) is 10.3. The second-order valence-electron chi connectivity index (χ2n) is 2.03. The van der Waals surface area contributed by atoms with Crippen molar-refractivity contribution in [2.45, 2.75) is 0 Å². The molecule has 13 heavy (non-hydrogen) atoms. The molecule has 0 aromatic carbocycles. The monoisotopic (exact) mass is 184 g/mol. The Hall–Kier alpha value is -1.71. The highest BCUT2D eigenvalue weighted by Crippen LogP contribution is 1.87. The van der Waals surface area contributed by atoms with Crippen molar-refractivity contribution < 1.29 is 8.78 Å². The normalized spacial score (nSPS) is 13.5. The summed E-state index contributed by atoms with van der Waals surface area (Å²) in [5.41, 5.74) is 4.70. The summed E-state index contributed by atoms with van der Waals surface area (Å²) in [6.45, 7) is 0. The fourth-order valence-electron chi connectivity index (χ4n) is 0.480. The van der Waals surface area contributed by atoms with Crippen LogP contribution < -0.4 is 5.73 Å². The van der Waals surface area contributed by atoms with Gasteiger partial charge in [0.1, 0.15) is 0 Å². The van der Waals surface area contributed by atoms with Crippen molar-refractivity contribution in [3.63, 3.8) is 0 Å². The molecule has 0 aromatic rings. The van der Waals surface area contributed by atoms with Crippen LogP contribution in [0.4, 0.5) is 8.78 Å². The van der Waals surface area contributed by atoms with Gasteiger partial charge < -0.3 is 5.73 Å². The number of hydrogen-bond acceptors (Lipinski definition) is 2. The van der Waals surface area contributed by atoms with E-state index in [4.69, 9.17) is 11.1 Å². The maximum atomic E-state index is 11.9. The van der Waals surface area contributed by atoms with Gasteiger partial charge >= 0.3 is 0 Å². The molecule has 0 fully saturated rings. The lowest BCUT2D eigenvalue weighted by Crippen LogP contribution is -1.85. The Bertz CT molecular complexity index is 271. The highest BCUT2D eigenvalue weighted by Gasteiger charge is 1.76. The summed E-state index contributed by atoms with van der Waals surface area (Å²) in [6.07, 6.45) is 9.43. The van der Waals surface area contributed by atoms with Crippen molar-refractivity contribution in [3.8, 4) is 0 Å². The number of halogens is 2. The first-order chi connectivity index (χ1) is 6.13. The molecule has 0 unspecified atom stereocenters. The molecule has 3 N–H and O–H groups in total. The van der Waals surface area contributed by atoms with E-state index < -0.39 is 11.9 Å². The van der Waals surface area contributed by atoms with Crippen molar-refractivity contribution in [2.24, 2.45) is 5.73 Å². The fraction of sp³-hybridized carbons (Fsp3) is 0. The molecule has 4 heteroatoms. The summed E-state index contributed by atoms with van der Waals surface area (Å²) in [5, 5.41) is 6.39. The maximum absolute atomic E-state index is 11.9. The van der Waals surface area contributed by atoms with Gasteiger partial charge in [-0.25, -0.2) is 0 Å². The quantitative estimate of drug-likeness (QED) is 0.393. The summed E-state index contributed by atoms with van der Waals surface area (Å²) in [7, 11) is 0. The zero-order valence-corrected chi connectivity index (χ0v) is 6.87. The van der Waals surface area contributed by atoms with Gasteiger partial charge in [0, 0.05) is 0 Å². The van der Waals surface area contributed by atoms with Crippen LogP contribution in [-0.4, -0.2) is 5.97 Å². The summed E-state index contributed by atoms with van der Waals surface area (Å²) in [4.78, 5) is 0. The van der Waals surface area contributed by atoms with Gasteiger partial charge in [0.25, 0.3) is 0 Å². The Labute approximate surface area is 75.3 Å². The molecule has 0 amide bonds. The number of nitrogens with one attached hydrogen (secondary N) is 1. The van der Waals surface area contributed by atoms with Gasteiger partial charge in [0.2, 0.25) is 5.97 Å². The molecule has 0 spiro atoms. The van der Waals surface area contributed by atoms with Crippen LogP contribution >= 0.6 is 0 Å². The summed E-state index contributed by atoms with van der Waals surface area (Å²) in [5.74, 6) is -1.78. The third-order valence-corrected chi connectivity index (χ3v) is 0.942. The predicted octanol–water partition coefficient (Wildman–Crippen LogP) is 2.37.